The molecule has 0 spiro atoms. The molecule has 0 amide bonds. The average molecular weight is 220 g/mol. The van der Waals surface area contributed by atoms with Gasteiger partial charge >= 0.3 is 5.97 Å². The Morgan fingerprint density at radius 3 is 2.94 bits per heavy atom. The maximum atomic E-state index is 10.8. The number of anilines is 1. The van der Waals surface area contributed by atoms with Crippen LogP contribution in [0.5, 0.6) is 0 Å². The predicted octanol–water partition coefficient (Wildman–Crippen LogP) is 1.98. The Hall–Kier alpha value is -2.04. The van der Waals surface area contributed by atoms with Gasteiger partial charge in [0.1, 0.15) is 5.52 Å². The Labute approximate surface area is 92.3 Å². The third kappa shape index (κ3) is 1.71. The maximum absolute atomic E-state index is 10.8. The maximum Gasteiger partial charge on any atom is 0.335 e. The fourth-order valence-corrected chi connectivity index (χ4v) is 1.34. The molecular weight excluding hydrogens is 208 g/mol. The minimum Gasteiger partial charge on any atom is -0.478 e. The van der Waals surface area contributed by atoms with Gasteiger partial charge in [0, 0.05) is 13.6 Å². The van der Waals surface area contributed by atoms with Crippen molar-refractivity contribution in [2.24, 2.45) is 0 Å². The predicted molar refractivity (Wildman–Crippen MR) is 59.9 cm³/mol. The fraction of sp³-hybridized carbons (Fsp3) is 0.273. The van der Waals surface area contributed by atoms with Crippen molar-refractivity contribution in [3.8, 4) is 0 Å². The van der Waals surface area contributed by atoms with E-state index in [-0.39, 0.29) is 5.56 Å². The standard InChI is InChI=1S/C11H12N2O3/c1-3-13(2)11-12-8-5-4-7(10(14)15)6-9(8)16-11/h4-6H,3H2,1-2H3,(H,14,15). The average Bonchev–Trinajstić information content (AvgIpc) is 2.70. The van der Waals surface area contributed by atoms with E-state index in [1.54, 1.807) is 6.07 Å². The summed E-state index contributed by atoms with van der Waals surface area (Å²) in [4.78, 5) is 16.9. The summed E-state index contributed by atoms with van der Waals surface area (Å²) in [5.74, 6) is -0.969. The van der Waals surface area contributed by atoms with Crippen LogP contribution in [0.1, 0.15) is 17.3 Å². The van der Waals surface area contributed by atoms with Crippen LogP contribution in [0.25, 0.3) is 11.1 Å². The van der Waals surface area contributed by atoms with E-state index in [4.69, 9.17) is 9.52 Å². The molecule has 16 heavy (non-hydrogen) atoms. The summed E-state index contributed by atoms with van der Waals surface area (Å²) in [6.07, 6.45) is 0. The summed E-state index contributed by atoms with van der Waals surface area (Å²) in [6.45, 7) is 2.76. The van der Waals surface area contributed by atoms with Gasteiger partial charge in [-0.1, -0.05) is 0 Å². The molecule has 0 fully saturated rings. The lowest BCUT2D eigenvalue weighted by Gasteiger charge is -2.09. The number of benzene rings is 1. The number of fused-ring (bicyclic) bond motifs is 1. The van der Waals surface area contributed by atoms with Gasteiger partial charge in [-0.2, -0.15) is 4.98 Å². The van der Waals surface area contributed by atoms with E-state index in [0.29, 0.717) is 17.1 Å². The number of oxazole rings is 1. The molecule has 0 unspecified atom stereocenters. The molecule has 0 radical (unpaired) electrons. The van der Waals surface area contributed by atoms with Crippen molar-refractivity contribution in [2.45, 2.75) is 6.92 Å². The molecular formula is C11H12N2O3. The summed E-state index contributed by atoms with van der Waals surface area (Å²) in [5.41, 5.74) is 1.37. The van der Waals surface area contributed by atoms with Gasteiger partial charge in [-0.15, -0.1) is 0 Å². The van der Waals surface area contributed by atoms with Gasteiger partial charge in [-0.3, -0.25) is 0 Å². The van der Waals surface area contributed by atoms with Crippen LogP contribution >= 0.6 is 0 Å². The minimum atomic E-state index is -0.969. The van der Waals surface area contributed by atoms with E-state index >= 15 is 0 Å². The Balaban J connectivity index is 2.49. The van der Waals surface area contributed by atoms with Crippen molar-refractivity contribution in [3.05, 3.63) is 23.8 Å². The number of aromatic nitrogens is 1. The first-order valence-corrected chi connectivity index (χ1v) is 4.97. The van der Waals surface area contributed by atoms with Crippen molar-refractivity contribution in [1.82, 2.24) is 4.98 Å². The second-order valence-electron chi connectivity index (χ2n) is 3.50. The van der Waals surface area contributed by atoms with E-state index in [2.05, 4.69) is 4.98 Å². The smallest absolute Gasteiger partial charge is 0.335 e. The van der Waals surface area contributed by atoms with Crippen LogP contribution in [-0.4, -0.2) is 29.7 Å². The van der Waals surface area contributed by atoms with Gasteiger partial charge < -0.3 is 14.4 Å². The van der Waals surface area contributed by atoms with Crippen molar-refractivity contribution < 1.29 is 14.3 Å². The topological polar surface area (TPSA) is 66.6 Å². The zero-order chi connectivity index (χ0) is 11.7. The summed E-state index contributed by atoms with van der Waals surface area (Å²) in [7, 11) is 1.86. The number of aromatic carboxylic acids is 1. The van der Waals surface area contributed by atoms with Crippen LogP contribution < -0.4 is 4.90 Å². The highest BCUT2D eigenvalue weighted by molar-refractivity contribution is 5.92. The number of hydrogen-bond donors (Lipinski definition) is 1. The zero-order valence-corrected chi connectivity index (χ0v) is 9.10. The van der Waals surface area contributed by atoms with Gasteiger partial charge in [-0.25, -0.2) is 4.79 Å². The number of rotatable bonds is 3. The lowest BCUT2D eigenvalue weighted by Crippen LogP contribution is -2.15. The molecule has 2 aromatic rings. The van der Waals surface area contributed by atoms with Crippen molar-refractivity contribution in [2.75, 3.05) is 18.5 Å². The summed E-state index contributed by atoms with van der Waals surface area (Å²) in [5, 5.41) is 8.83. The normalized spacial score (nSPS) is 10.6. The van der Waals surface area contributed by atoms with E-state index in [9.17, 15) is 4.79 Å². The molecule has 0 bridgehead atoms. The largest absolute Gasteiger partial charge is 0.478 e. The second kappa shape index (κ2) is 3.84. The van der Waals surface area contributed by atoms with E-state index in [1.807, 2.05) is 18.9 Å². The number of nitrogens with zero attached hydrogens (tertiary/aromatic N) is 2. The molecule has 0 atom stereocenters. The molecule has 0 saturated carbocycles. The third-order valence-corrected chi connectivity index (χ3v) is 2.42. The summed E-state index contributed by atoms with van der Waals surface area (Å²) in [6, 6.07) is 5.15. The van der Waals surface area contributed by atoms with Crippen molar-refractivity contribution >= 4 is 23.1 Å². The number of carbonyl (C=O) groups is 1. The molecule has 0 aliphatic heterocycles. The molecule has 0 saturated heterocycles. The molecule has 5 nitrogen and oxygen atoms in total. The Morgan fingerprint density at radius 1 is 1.56 bits per heavy atom. The van der Waals surface area contributed by atoms with E-state index in [0.717, 1.165) is 6.54 Å². The highest BCUT2D eigenvalue weighted by Crippen LogP contribution is 2.22. The molecule has 0 aliphatic rings. The first-order chi connectivity index (χ1) is 7.61. The second-order valence-corrected chi connectivity index (χ2v) is 3.50. The van der Waals surface area contributed by atoms with E-state index < -0.39 is 5.97 Å². The van der Waals surface area contributed by atoms with Crippen LogP contribution in [-0.2, 0) is 0 Å². The third-order valence-electron chi connectivity index (χ3n) is 2.42. The lowest BCUT2D eigenvalue weighted by atomic mass is 10.2. The molecule has 0 aliphatic carbocycles. The highest BCUT2D eigenvalue weighted by atomic mass is 16.4. The summed E-state index contributed by atoms with van der Waals surface area (Å²) < 4.78 is 5.46. The van der Waals surface area contributed by atoms with Gasteiger partial charge in [0.25, 0.3) is 6.01 Å². The molecule has 84 valence electrons. The van der Waals surface area contributed by atoms with Crippen LogP contribution in [0, 0.1) is 0 Å². The number of carboxylic acids is 1. The van der Waals surface area contributed by atoms with Crippen LogP contribution in [0.2, 0.25) is 0 Å². The van der Waals surface area contributed by atoms with Gasteiger partial charge in [-0.05, 0) is 25.1 Å². The van der Waals surface area contributed by atoms with Crippen LogP contribution in [0.4, 0.5) is 6.01 Å². The zero-order valence-electron chi connectivity index (χ0n) is 9.10. The fourth-order valence-electron chi connectivity index (χ4n) is 1.34. The molecule has 1 heterocycles. The molecule has 5 heteroatoms. The molecule has 1 aromatic heterocycles. The minimum absolute atomic E-state index is 0.203. The highest BCUT2D eigenvalue weighted by Gasteiger charge is 2.11. The van der Waals surface area contributed by atoms with Gasteiger partial charge in [0.2, 0.25) is 0 Å². The SMILES string of the molecule is CCN(C)c1nc2ccc(C(=O)O)cc2o1. The van der Waals surface area contributed by atoms with Gasteiger partial charge in [0.05, 0.1) is 5.56 Å². The Bertz CT molecular complexity index is 533. The first-order valence-electron chi connectivity index (χ1n) is 4.97. The Morgan fingerprint density at radius 2 is 2.31 bits per heavy atom. The summed E-state index contributed by atoms with van der Waals surface area (Å²) >= 11 is 0. The first kappa shape index (κ1) is 10.5. The quantitative estimate of drug-likeness (QED) is 0.856. The van der Waals surface area contributed by atoms with Gasteiger partial charge in [0.15, 0.2) is 5.58 Å². The molecule has 1 N–H and O–H groups in total. The molecule has 2 rings (SSSR count). The van der Waals surface area contributed by atoms with Crippen molar-refractivity contribution in [3.63, 3.8) is 0 Å². The van der Waals surface area contributed by atoms with Crippen LogP contribution in [0.3, 0.4) is 0 Å². The monoisotopic (exact) mass is 220 g/mol. The van der Waals surface area contributed by atoms with E-state index in [1.165, 1.54) is 12.1 Å². The lowest BCUT2D eigenvalue weighted by molar-refractivity contribution is 0.0697. The van der Waals surface area contributed by atoms with Crippen LogP contribution in [0.15, 0.2) is 22.6 Å². The Kier molecular flexibility index (Phi) is 2.52. The van der Waals surface area contributed by atoms with Crippen molar-refractivity contribution in [1.29, 1.82) is 0 Å². The number of hydrogen-bond acceptors (Lipinski definition) is 4. The molecule has 1 aromatic carbocycles. The number of carboxylic acid groups (broad SMARTS) is 1.